The second kappa shape index (κ2) is 10.8. The average molecular weight is 552 g/mol. The van der Waals surface area contributed by atoms with Gasteiger partial charge in [0.15, 0.2) is 5.57 Å². The van der Waals surface area contributed by atoms with Crippen LogP contribution in [0.15, 0.2) is 69.9 Å². The molecule has 1 aliphatic rings. The Morgan fingerprint density at radius 1 is 1.03 bits per heavy atom. The van der Waals surface area contributed by atoms with Gasteiger partial charge < -0.3 is 14.1 Å². The third kappa shape index (κ3) is 5.13. The number of rotatable bonds is 4. The van der Waals surface area contributed by atoms with Gasteiger partial charge in [0, 0.05) is 24.7 Å². The van der Waals surface area contributed by atoms with Crippen molar-refractivity contribution in [3.05, 3.63) is 96.0 Å². The molecule has 2 aromatic carbocycles. The Morgan fingerprint density at radius 2 is 1.78 bits per heavy atom. The highest BCUT2D eigenvalue weighted by Gasteiger charge is 2.24. The van der Waals surface area contributed by atoms with E-state index in [1.54, 1.807) is 65.6 Å². The first kappa shape index (κ1) is 25.1. The van der Waals surface area contributed by atoms with Gasteiger partial charge in [-0.1, -0.05) is 41.4 Å². The van der Waals surface area contributed by atoms with E-state index in [-0.39, 0.29) is 15.8 Å². The minimum atomic E-state index is -0.428. The van der Waals surface area contributed by atoms with E-state index < -0.39 is 5.91 Å². The molecule has 2 aromatic heterocycles. The van der Waals surface area contributed by atoms with Crippen molar-refractivity contribution in [3.8, 4) is 23.1 Å². The van der Waals surface area contributed by atoms with Crippen LogP contribution in [-0.2, 0) is 9.53 Å². The molecule has 1 fully saturated rings. The van der Waals surface area contributed by atoms with Crippen LogP contribution in [0.2, 0.25) is 10.0 Å². The van der Waals surface area contributed by atoms with Gasteiger partial charge >= 0.3 is 0 Å². The van der Waals surface area contributed by atoms with Crippen molar-refractivity contribution in [1.29, 1.82) is 5.26 Å². The highest BCUT2D eigenvalue weighted by Crippen LogP contribution is 2.29. The van der Waals surface area contributed by atoms with Crippen LogP contribution in [0, 0.1) is 11.3 Å². The van der Waals surface area contributed by atoms with Crippen LogP contribution in [0.1, 0.15) is 5.76 Å². The number of thiazole rings is 1. The SMILES string of the molecule is N#C/C(C(=O)N1CCOCC1)=c1/s/c(=C/c2ccc(-c3ccc(Cl)c(Cl)c3)o2)c(=O)n1-c1ccccc1. The number of carbonyl (C=O) groups is 1. The van der Waals surface area contributed by atoms with Crippen molar-refractivity contribution < 1.29 is 13.9 Å². The molecule has 1 amide bonds. The molecule has 5 rings (SSSR count). The minimum Gasteiger partial charge on any atom is -0.457 e. The molecular formula is C27H19Cl2N3O4S. The lowest BCUT2D eigenvalue weighted by molar-refractivity contribution is -0.128. The van der Waals surface area contributed by atoms with E-state index in [2.05, 4.69) is 0 Å². The fraction of sp³-hybridized carbons (Fsp3) is 0.148. The number of furan rings is 1. The van der Waals surface area contributed by atoms with Gasteiger partial charge in [-0.2, -0.15) is 5.26 Å². The first-order valence-corrected chi connectivity index (χ1v) is 12.9. The lowest BCUT2D eigenvalue weighted by atomic mass is 10.2. The molecular weight excluding hydrogens is 533 g/mol. The molecule has 0 bridgehead atoms. The number of morpholine rings is 1. The molecule has 186 valence electrons. The number of benzene rings is 2. The summed E-state index contributed by atoms with van der Waals surface area (Å²) in [5, 5.41) is 10.8. The van der Waals surface area contributed by atoms with Crippen molar-refractivity contribution in [2.45, 2.75) is 0 Å². The van der Waals surface area contributed by atoms with Gasteiger partial charge in [-0.05, 0) is 42.5 Å². The van der Waals surface area contributed by atoms with E-state index in [4.69, 9.17) is 32.4 Å². The Morgan fingerprint density at radius 3 is 2.49 bits per heavy atom. The predicted molar refractivity (Wildman–Crippen MR) is 143 cm³/mol. The number of halogens is 2. The van der Waals surface area contributed by atoms with E-state index in [1.807, 2.05) is 12.1 Å². The molecule has 0 saturated carbocycles. The molecule has 0 aliphatic carbocycles. The highest BCUT2D eigenvalue weighted by molar-refractivity contribution is 7.07. The minimum absolute atomic E-state index is 0.0940. The molecule has 1 aliphatic heterocycles. The summed E-state index contributed by atoms with van der Waals surface area (Å²) in [7, 11) is 0. The van der Waals surface area contributed by atoms with E-state index in [0.29, 0.717) is 58.1 Å². The summed E-state index contributed by atoms with van der Waals surface area (Å²) >= 11 is 13.2. The van der Waals surface area contributed by atoms with Crippen molar-refractivity contribution in [2.75, 3.05) is 26.3 Å². The number of aromatic nitrogens is 1. The van der Waals surface area contributed by atoms with E-state index in [0.717, 1.165) is 16.9 Å². The number of ether oxygens (including phenoxy) is 1. The zero-order valence-corrected chi connectivity index (χ0v) is 21.6. The van der Waals surface area contributed by atoms with Gasteiger partial charge in [-0.15, -0.1) is 11.3 Å². The number of hydrogen-bond acceptors (Lipinski definition) is 6. The molecule has 10 heteroatoms. The van der Waals surface area contributed by atoms with Gasteiger partial charge in [0.1, 0.15) is 22.3 Å². The van der Waals surface area contributed by atoms with Gasteiger partial charge in [-0.25, -0.2) is 0 Å². The Labute approximate surface area is 225 Å². The summed E-state index contributed by atoms with van der Waals surface area (Å²) in [4.78, 5) is 28.4. The number of para-hydroxylation sites is 1. The van der Waals surface area contributed by atoms with Crippen molar-refractivity contribution in [2.24, 2.45) is 0 Å². The van der Waals surface area contributed by atoms with Gasteiger partial charge in [0.2, 0.25) is 0 Å². The molecule has 0 unspecified atom stereocenters. The summed E-state index contributed by atoms with van der Waals surface area (Å²) < 4.78 is 13.3. The number of amides is 1. The fourth-order valence-electron chi connectivity index (χ4n) is 3.94. The largest absolute Gasteiger partial charge is 0.457 e. The summed E-state index contributed by atoms with van der Waals surface area (Å²) in [6.45, 7) is 1.57. The Hall–Kier alpha value is -3.61. The van der Waals surface area contributed by atoms with Crippen LogP contribution in [-0.4, -0.2) is 41.7 Å². The van der Waals surface area contributed by atoms with Gasteiger partial charge in [0.25, 0.3) is 11.5 Å². The lowest BCUT2D eigenvalue weighted by Gasteiger charge is -2.26. The summed E-state index contributed by atoms with van der Waals surface area (Å²) in [5.41, 5.74) is 0.834. The van der Waals surface area contributed by atoms with Crippen molar-refractivity contribution in [3.63, 3.8) is 0 Å². The van der Waals surface area contributed by atoms with Crippen molar-refractivity contribution in [1.82, 2.24) is 9.47 Å². The fourth-order valence-corrected chi connectivity index (χ4v) is 5.31. The second-order valence-electron chi connectivity index (χ2n) is 8.11. The first-order chi connectivity index (χ1) is 18.0. The Balaban J connectivity index is 1.66. The molecule has 4 aromatic rings. The molecule has 1 saturated heterocycles. The predicted octanol–water partition coefficient (Wildman–Crippen LogP) is 3.83. The third-order valence-electron chi connectivity index (χ3n) is 5.78. The number of nitrogens with zero attached hydrogens (tertiary/aromatic N) is 3. The summed E-state index contributed by atoms with van der Waals surface area (Å²) in [6, 6.07) is 19.6. The first-order valence-electron chi connectivity index (χ1n) is 11.3. The maximum Gasteiger partial charge on any atom is 0.273 e. The second-order valence-corrected chi connectivity index (χ2v) is 9.96. The van der Waals surface area contributed by atoms with Crippen LogP contribution < -0.4 is 14.8 Å². The molecule has 0 atom stereocenters. The lowest BCUT2D eigenvalue weighted by Crippen LogP contribution is -2.42. The van der Waals surface area contributed by atoms with E-state index in [9.17, 15) is 14.9 Å². The quantitative estimate of drug-likeness (QED) is 0.384. The normalized spacial score (nSPS) is 14.9. The Bertz CT molecular complexity index is 1690. The Kier molecular flexibility index (Phi) is 7.31. The molecule has 0 N–H and O–H groups in total. The molecule has 0 radical (unpaired) electrons. The standard InChI is InChI=1S/C27H19Cl2N3O4S/c28-21-8-6-17(14-22(21)29)23-9-7-19(36-23)15-24-26(34)32(18-4-2-1-3-5-18)27(37-24)20(16-30)25(33)31-10-12-35-13-11-31/h1-9,14-15H,10-13H2/b24-15+,27-20-. The van der Waals surface area contributed by atoms with E-state index >= 15 is 0 Å². The zero-order chi connectivity index (χ0) is 25.9. The van der Waals surface area contributed by atoms with Gasteiger partial charge in [0.05, 0.1) is 33.5 Å². The van der Waals surface area contributed by atoms with Crippen LogP contribution in [0.3, 0.4) is 0 Å². The molecule has 0 spiro atoms. The molecule has 7 nitrogen and oxygen atoms in total. The van der Waals surface area contributed by atoms with Crippen LogP contribution in [0.4, 0.5) is 0 Å². The van der Waals surface area contributed by atoms with Gasteiger partial charge in [-0.3, -0.25) is 14.2 Å². The smallest absolute Gasteiger partial charge is 0.273 e. The summed E-state index contributed by atoms with van der Waals surface area (Å²) in [6.07, 6.45) is 1.60. The third-order valence-corrected chi connectivity index (χ3v) is 7.61. The number of nitriles is 1. The molecule has 37 heavy (non-hydrogen) atoms. The highest BCUT2D eigenvalue weighted by atomic mass is 35.5. The zero-order valence-electron chi connectivity index (χ0n) is 19.3. The van der Waals surface area contributed by atoms with Crippen molar-refractivity contribution >= 4 is 52.1 Å². The van der Waals surface area contributed by atoms with Crippen LogP contribution in [0.5, 0.6) is 0 Å². The van der Waals surface area contributed by atoms with Crippen LogP contribution >= 0.6 is 34.5 Å². The van der Waals surface area contributed by atoms with Crippen LogP contribution in [0.25, 0.3) is 28.7 Å². The average Bonchev–Trinajstić information content (AvgIpc) is 3.52. The monoisotopic (exact) mass is 551 g/mol. The maximum atomic E-state index is 13.6. The number of carbonyl (C=O) groups excluding carboxylic acids is 1. The van der Waals surface area contributed by atoms with E-state index in [1.165, 1.54) is 4.57 Å². The summed E-state index contributed by atoms with van der Waals surface area (Å²) in [5.74, 6) is 0.559. The number of hydrogen-bond donors (Lipinski definition) is 0. The molecule has 3 heterocycles. The topological polar surface area (TPSA) is 88.5 Å². The maximum absolute atomic E-state index is 13.6.